The predicted octanol–water partition coefficient (Wildman–Crippen LogP) is 5.10. The number of hydrogen-bond acceptors (Lipinski definition) is 4. The maximum Gasteiger partial charge on any atom is 0.490 e. The Labute approximate surface area is 183 Å². The highest BCUT2D eigenvalue weighted by Gasteiger charge is 2.38. The molecule has 1 aromatic heterocycles. The van der Waals surface area contributed by atoms with E-state index in [1.807, 2.05) is 19.3 Å². The van der Waals surface area contributed by atoms with Gasteiger partial charge in [-0.1, -0.05) is 18.2 Å². The van der Waals surface area contributed by atoms with Gasteiger partial charge in [0, 0.05) is 29.5 Å². The SMILES string of the molecule is Cc1ncn(-c2ccc(NCC3CCOc4ccccc43)cc2)c1C.O=C(O)C(F)(F)F. The van der Waals surface area contributed by atoms with Gasteiger partial charge in [0.25, 0.3) is 0 Å². The van der Waals surface area contributed by atoms with Crippen molar-refractivity contribution in [3.05, 3.63) is 71.8 Å². The molecule has 0 bridgehead atoms. The standard InChI is InChI=1S/C21H23N3O.C2HF3O2/c1-15-16(2)24(14-23-15)19-9-7-18(8-10-19)22-13-17-11-12-25-21-6-4-3-5-20(17)21;3-2(4,5)1(6)7/h3-10,14,17,22H,11-13H2,1-2H3;(H,6,7). The Bertz CT molecular complexity index is 1060. The van der Waals surface area contributed by atoms with Crippen molar-refractivity contribution < 1.29 is 27.8 Å². The fourth-order valence-corrected chi connectivity index (χ4v) is 3.37. The van der Waals surface area contributed by atoms with Gasteiger partial charge in [0.2, 0.25) is 0 Å². The number of halogens is 3. The first-order valence-corrected chi connectivity index (χ1v) is 10.0. The van der Waals surface area contributed by atoms with Crippen molar-refractivity contribution in [2.24, 2.45) is 0 Å². The van der Waals surface area contributed by atoms with Gasteiger partial charge < -0.3 is 19.7 Å². The average molecular weight is 447 g/mol. The molecule has 1 unspecified atom stereocenters. The first-order valence-electron chi connectivity index (χ1n) is 10.0. The van der Waals surface area contributed by atoms with Gasteiger partial charge in [-0.3, -0.25) is 0 Å². The molecule has 0 spiro atoms. The number of fused-ring (bicyclic) bond motifs is 1. The van der Waals surface area contributed by atoms with E-state index in [-0.39, 0.29) is 0 Å². The minimum absolute atomic E-state index is 0.489. The number of aliphatic carboxylic acids is 1. The van der Waals surface area contributed by atoms with Crippen LogP contribution in [0.4, 0.5) is 18.9 Å². The Kier molecular flexibility index (Phi) is 7.07. The summed E-state index contributed by atoms with van der Waals surface area (Å²) in [6.07, 6.45) is -2.15. The van der Waals surface area contributed by atoms with Crippen molar-refractivity contribution in [1.82, 2.24) is 9.55 Å². The Morgan fingerprint density at radius 1 is 1.19 bits per heavy atom. The Morgan fingerprint density at radius 3 is 2.44 bits per heavy atom. The summed E-state index contributed by atoms with van der Waals surface area (Å²) in [5, 5.41) is 10.7. The van der Waals surface area contributed by atoms with Crippen LogP contribution in [0.5, 0.6) is 5.75 Å². The second kappa shape index (κ2) is 9.76. The zero-order chi connectivity index (χ0) is 23.3. The first-order chi connectivity index (χ1) is 15.2. The summed E-state index contributed by atoms with van der Waals surface area (Å²) in [7, 11) is 0. The van der Waals surface area contributed by atoms with E-state index in [0.29, 0.717) is 5.92 Å². The summed E-state index contributed by atoms with van der Waals surface area (Å²) < 4.78 is 39.6. The molecule has 0 saturated heterocycles. The number of ether oxygens (including phenoxy) is 1. The highest BCUT2D eigenvalue weighted by Crippen LogP contribution is 2.33. The molecule has 2 N–H and O–H groups in total. The molecule has 3 aromatic rings. The van der Waals surface area contributed by atoms with E-state index < -0.39 is 12.1 Å². The lowest BCUT2D eigenvalue weighted by Crippen LogP contribution is -2.21. The van der Waals surface area contributed by atoms with Crippen molar-refractivity contribution in [3.8, 4) is 11.4 Å². The number of nitrogens with one attached hydrogen (secondary N) is 1. The van der Waals surface area contributed by atoms with Crippen LogP contribution >= 0.6 is 0 Å². The van der Waals surface area contributed by atoms with Crippen LogP contribution in [0.3, 0.4) is 0 Å². The highest BCUT2D eigenvalue weighted by molar-refractivity contribution is 5.73. The second-order valence-electron chi connectivity index (χ2n) is 7.39. The van der Waals surface area contributed by atoms with Gasteiger partial charge in [0.05, 0.1) is 18.6 Å². The monoisotopic (exact) mass is 447 g/mol. The van der Waals surface area contributed by atoms with Gasteiger partial charge in [0.15, 0.2) is 0 Å². The van der Waals surface area contributed by atoms with E-state index in [9.17, 15) is 13.2 Å². The number of carboxylic acid groups (broad SMARTS) is 1. The van der Waals surface area contributed by atoms with Crippen molar-refractivity contribution in [3.63, 3.8) is 0 Å². The molecule has 9 heteroatoms. The third-order valence-electron chi connectivity index (χ3n) is 5.28. The number of nitrogens with zero attached hydrogens (tertiary/aromatic N) is 2. The molecule has 170 valence electrons. The lowest BCUT2D eigenvalue weighted by atomic mass is 9.93. The topological polar surface area (TPSA) is 76.4 Å². The van der Waals surface area contributed by atoms with E-state index in [0.717, 1.165) is 42.4 Å². The molecule has 0 fully saturated rings. The van der Waals surface area contributed by atoms with Crippen LogP contribution < -0.4 is 10.1 Å². The number of para-hydroxylation sites is 1. The molecule has 1 aliphatic heterocycles. The summed E-state index contributed by atoms with van der Waals surface area (Å²) in [5.41, 5.74) is 5.84. The molecule has 0 saturated carbocycles. The molecule has 0 aliphatic carbocycles. The third-order valence-corrected chi connectivity index (χ3v) is 5.28. The van der Waals surface area contributed by atoms with Crippen molar-refractivity contribution in [1.29, 1.82) is 0 Å². The maximum absolute atomic E-state index is 10.6. The van der Waals surface area contributed by atoms with E-state index in [4.69, 9.17) is 14.6 Å². The number of carbonyl (C=O) groups is 1. The lowest BCUT2D eigenvalue weighted by Gasteiger charge is -2.26. The van der Waals surface area contributed by atoms with Gasteiger partial charge in [0.1, 0.15) is 5.75 Å². The highest BCUT2D eigenvalue weighted by atomic mass is 19.4. The summed E-state index contributed by atoms with van der Waals surface area (Å²) in [4.78, 5) is 13.3. The summed E-state index contributed by atoms with van der Waals surface area (Å²) in [6.45, 7) is 5.84. The van der Waals surface area contributed by atoms with Crippen LogP contribution in [-0.2, 0) is 4.79 Å². The number of imidazole rings is 1. The normalized spacial score (nSPS) is 15.1. The predicted molar refractivity (Wildman–Crippen MR) is 115 cm³/mol. The van der Waals surface area contributed by atoms with Crippen LogP contribution in [0.2, 0.25) is 0 Å². The second-order valence-corrected chi connectivity index (χ2v) is 7.39. The van der Waals surface area contributed by atoms with Crippen LogP contribution in [-0.4, -0.2) is 40.0 Å². The zero-order valence-corrected chi connectivity index (χ0v) is 17.7. The van der Waals surface area contributed by atoms with E-state index >= 15 is 0 Å². The molecule has 2 heterocycles. The van der Waals surface area contributed by atoms with E-state index in [1.54, 1.807) is 0 Å². The number of alkyl halides is 3. The Balaban J connectivity index is 0.000000360. The summed E-state index contributed by atoms with van der Waals surface area (Å²) >= 11 is 0. The van der Waals surface area contributed by atoms with Crippen LogP contribution in [0, 0.1) is 13.8 Å². The Morgan fingerprint density at radius 2 is 1.84 bits per heavy atom. The molecule has 6 nitrogen and oxygen atoms in total. The van der Waals surface area contributed by atoms with Gasteiger partial charge in [-0.05, 0) is 56.2 Å². The lowest BCUT2D eigenvalue weighted by molar-refractivity contribution is -0.192. The third kappa shape index (κ3) is 5.60. The van der Waals surface area contributed by atoms with Gasteiger partial charge in [-0.2, -0.15) is 13.2 Å². The van der Waals surface area contributed by atoms with Crippen molar-refractivity contribution >= 4 is 11.7 Å². The van der Waals surface area contributed by atoms with Gasteiger partial charge in [-0.15, -0.1) is 0 Å². The molecule has 2 aromatic carbocycles. The number of hydrogen-bond donors (Lipinski definition) is 2. The molecule has 1 atom stereocenters. The molecular weight excluding hydrogens is 423 g/mol. The fraction of sp³-hybridized carbons (Fsp3) is 0.304. The molecular formula is C23H24F3N3O3. The zero-order valence-electron chi connectivity index (χ0n) is 17.7. The summed E-state index contributed by atoms with van der Waals surface area (Å²) in [5.74, 6) is -1.24. The first kappa shape index (κ1) is 23.2. The maximum atomic E-state index is 10.6. The number of benzene rings is 2. The van der Waals surface area contributed by atoms with Crippen LogP contribution in [0.25, 0.3) is 5.69 Å². The van der Waals surface area contributed by atoms with Crippen LogP contribution in [0.1, 0.15) is 29.3 Å². The minimum atomic E-state index is -5.08. The van der Waals surface area contributed by atoms with Crippen molar-refractivity contribution in [2.75, 3.05) is 18.5 Å². The fourth-order valence-electron chi connectivity index (χ4n) is 3.37. The largest absolute Gasteiger partial charge is 0.493 e. The van der Waals surface area contributed by atoms with Gasteiger partial charge in [-0.25, -0.2) is 9.78 Å². The van der Waals surface area contributed by atoms with Crippen LogP contribution in [0.15, 0.2) is 54.9 Å². The number of rotatable bonds is 4. The number of aryl methyl sites for hydroxylation is 1. The average Bonchev–Trinajstić information content (AvgIpc) is 3.11. The molecule has 0 amide bonds. The van der Waals surface area contributed by atoms with E-state index in [1.165, 1.54) is 11.3 Å². The van der Waals surface area contributed by atoms with E-state index in [2.05, 4.69) is 64.3 Å². The molecule has 1 aliphatic rings. The molecule has 4 rings (SSSR count). The Hall–Kier alpha value is -3.49. The molecule has 32 heavy (non-hydrogen) atoms. The van der Waals surface area contributed by atoms with Crippen molar-refractivity contribution in [2.45, 2.75) is 32.4 Å². The van der Waals surface area contributed by atoms with Gasteiger partial charge >= 0.3 is 12.1 Å². The molecule has 0 radical (unpaired) electrons. The summed E-state index contributed by atoms with van der Waals surface area (Å²) in [6, 6.07) is 16.9. The quantitative estimate of drug-likeness (QED) is 0.582. The number of carboxylic acids is 1. The number of anilines is 1. The smallest absolute Gasteiger partial charge is 0.490 e. The minimum Gasteiger partial charge on any atom is -0.493 e. The number of aromatic nitrogens is 2.